The van der Waals surface area contributed by atoms with Crippen molar-refractivity contribution >= 4 is 0 Å². The molecule has 0 bridgehead atoms. The van der Waals surface area contributed by atoms with Crippen LogP contribution in [0.1, 0.15) is 57.4 Å². The molecule has 3 rings (SSSR count). The van der Waals surface area contributed by atoms with E-state index in [1.54, 1.807) is 6.07 Å². The summed E-state index contributed by atoms with van der Waals surface area (Å²) in [6, 6.07) is 3.73. The number of hydrogen-bond donors (Lipinski definition) is 0. The molecule has 0 N–H and O–H groups in total. The van der Waals surface area contributed by atoms with E-state index in [2.05, 4.69) is 19.1 Å². The normalized spacial score (nSPS) is 26.6. The van der Waals surface area contributed by atoms with Gasteiger partial charge in [-0.3, -0.25) is 0 Å². The van der Waals surface area contributed by atoms with Crippen molar-refractivity contribution in [2.75, 3.05) is 6.61 Å². The number of halogens is 1. The monoisotopic (exact) mass is 304 g/mol. The Morgan fingerprint density at radius 2 is 2.18 bits per heavy atom. The van der Waals surface area contributed by atoms with E-state index in [-0.39, 0.29) is 11.9 Å². The van der Waals surface area contributed by atoms with Crippen molar-refractivity contribution in [3.63, 3.8) is 0 Å². The molecule has 2 nitrogen and oxygen atoms in total. The van der Waals surface area contributed by atoms with Gasteiger partial charge in [-0.1, -0.05) is 31.6 Å². The summed E-state index contributed by atoms with van der Waals surface area (Å²) in [4.78, 5) is 0. The second-order valence-corrected chi connectivity index (χ2v) is 6.28. The Labute approximate surface area is 132 Å². The number of ether oxygens (including phenoxy) is 2. The lowest BCUT2D eigenvalue weighted by Crippen LogP contribution is -2.27. The second-order valence-electron chi connectivity index (χ2n) is 6.28. The van der Waals surface area contributed by atoms with Gasteiger partial charge in [-0.2, -0.15) is 4.39 Å². The highest BCUT2D eigenvalue weighted by atomic mass is 19.1. The SMILES string of the molecule is CCC/C=C\[C@@H]1CC[C@H]2c3ccc(OCC)c(F)c3O[C@@H]2C1. The molecule has 2 aliphatic rings. The van der Waals surface area contributed by atoms with Gasteiger partial charge >= 0.3 is 0 Å². The third-order valence-electron chi connectivity index (χ3n) is 4.76. The molecule has 120 valence electrons. The first kappa shape index (κ1) is 15.4. The summed E-state index contributed by atoms with van der Waals surface area (Å²) in [6.07, 6.45) is 10.3. The fraction of sp³-hybridized carbons (Fsp3) is 0.579. The quantitative estimate of drug-likeness (QED) is 0.694. The molecular weight excluding hydrogens is 279 g/mol. The maximum atomic E-state index is 14.5. The highest BCUT2D eigenvalue weighted by molar-refractivity contribution is 5.48. The van der Waals surface area contributed by atoms with Crippen LogP contribution in [0.25, 0.3) is 0 Å². The van der Waals surface area contributed by atoms with Crippen LogP contribution in [0, 0.1) is 11.7 Å². The van der Waals surface area contributed by atoms with Gasteiger partial charge in [-0.15, -0.1) is 0 Å². The summed E-state index contributed by atoms with van der Waals surface area (Å²) in [5.41, 5.74) is 1.03. The molecule has 1 saturated carbocycles. The maximum Gasteiger partial charge on any atom is 0.207 e. The summed E-state index contributed by atoms with van der Waals surface area (Å²) < 4.78 is 25.8. The average molecular weight is 304 g/mol. The molecule has 1 aromatic carbocycles. The van der Waals surface area contributed by atoms with Crippen molar-refractivity contribution in [3.05, 3.63) is 35.7 Å². The van der Waals surface area contributed by atoms with Gasteiger partial charge in [-0.25, -0.2) is 0 Å². The Kier molecular flexibility index (Phi) is 4.70. The van der Waals surface area contributed by atoms with E-state index in [0.717, 1.165) is 24.8 Å². The molecule has 1 fully saturated rings. The Morgan fingerprint density at radius 3 is 2.95 bits per heavy atom. The van der Waals surface area contributed by atoms with Crippen LogP contribution in [0.15, 0.2) is 24.3 Å². The van der Waals surface area contributed by atoms with Gasteiger partial charge in [0.15, 0.2) is 11.5 Å². The molecule has 1 aromatic rings. The lowest BCUT2D eigenvalue weighted by atomic mass is 9.77. The Balaban J connectivity index is 1.74. The van der Waals surface area contributed by atoms with Gasteiger partial charge in [0, 0.05) is 11.5 Å². The molecule has 3 atom stereocenters. The van der Waals surface area contributed by atoms with E-state index in [0.29, 0.717) is 29.9 Å². The number of rotatable bonds is 5. The predicted octanol–water partition coefficient (Wildman–Crippen LogP) is 5.23. The summed E-state index contributed by atoms with van der Waals surface area (Å²) >= 11 is 0. The zero-order valence-corrected chi connectivity index (χ0v) is 13.5. The van der Waals surface area contributed by atoms with Crippen molar-refractivity contribution in [1.82, 2.24) is 0 Å². The van der Waals surface area contributed by atoms with Crippen LogP contribution in [0.3, 0.4) is 0 Å². The molecule has 0 amide bonds. The van der Waals surface area contributed by atoms with Crippen molar-refractivity contribution in [2.24, 2.45) is 5.92 Å². The van der Waals surface area contributed by atoms with Crippen LogP contribution in [-0.2, 0) is 0 Å². The van der Waals surface area contributed by atoms with Crippen LogP contribution >= 0.6 is 0 Å². The number of benzene rings is 1. The fourth-order valence-electron chi connectivity index (χ4n) is 3.66. The zero-order chi connectivity index (χ0) is 15.5. The van der Waals surface area contributed by atoms with E-state index < -0.39 is 0 Å². The number of hydrogen-bond acceptors (Lipinski definition) is 2. The summed E-state index contributed by atoms with van der Waals surface area (Å²) in [5, 5.41) is 0. The Bertz CT molecular complexity index is 553. The van der Waals surface area contributed by atoms with E-state index in [1.807, 2.05) is 13.0 Å². The van der Waals surface area contributed by atoms with Crippen molar-refractivity contribution in [2.45, 2.75) is 58.0 Å². The standard InChI is InChI=1S/C19H25FO2/c1-3-5-6-7-13-8-9-14-15-10-11-16(21-4-2)18(20)19(15)22-17(14)12-13/h6-7,10-11,13-14,17H,3-5,8-9,12H2,1-2H3/b7-6-/t13-,14+,17-/m1/s1. The molecule has 0 radical (unpaired) electrons. The highest BCUT2D eigenvalue weighted by Gasteiger charge is 2.40. The third kappa shape index (κ3) is 2.86. The number of fused-ring (bicyclic) bond motifs is 3. The van der Waals surface area contributed by atoms with Gasteiger partial charge in [-0.05, 0) is 44.6 Å². The van der Waals surface area contributed by atoms with E-state index >= 15 is 0 Å². The van der Waals surface area contributed by atoms with Crippen molar-refractivity contribution in [1.29, 1.82) is 0 Å². The third-order valence-corrected chi connectivity index (χ3v) is 4.76. The molecule has 0 spiro atoms. The lowest BCUT2D eigenvalue weighted by Gasteiger charge is -2.29. The first-order chi connectivity index (χ1) is 10.7. The molecule has 3 heteroatoms. The smallest absolute Gasteiger partial charge is 0.207 e. The zero-order valence-electron chi connectivity index (χ0n) is 13.5. The van der Waals surface area contributed by atoms with Crippen LogP contribution in [0.4, 0.5) is 4.39 Å². The first-order valence-electron chi connectivity index (χ1n) is 8.53. The second kappa shape index (κ2) is 6.72. The molecule has 1 heterocycles. The predicted molar refractivity (Wildman–Crippen MR) is 86.1 cm³/mol. The Morgan fingerprint density at radius 1 is 1.32 bits per heavy atom. The van der Waals surface area contributed by atoms with Gasteiger partial charge in [0.05, 0.1) is 6.61 Å². The van der Waals surface area contributed by atoms with Crippen LogP contribution in [0.2, 0.25) is 0 Å². The van der Waals surface area contributed by atoms with E-state index in [9.17, 15) is 4.39 Å². The number of allylic oxidation sites excluding steroid dienone is 2. The minimum Gasteiger partial charge on any atom is -0.491 e. The van der Waals surface area contributed by atoms with Crippen molar-refractivity contribution in [3.8, 4) is 11.5 Å². The Hall–Kier alpha value is -1.51. The highest BCUT2D eigenvalue weighted by Crippen LogP contribution is 2.49. The molecule has 0 unspecified atom stereocenters. The summed E-state index contributed by atoms with van der Waals surface area (Å²) in [5.74, 6) is 1.32. The minimum atomic E-state index is -0.327. The van der Waals surface area contributed by atoms with Crippen LogP contribution in [0.5, 0.6) is 11.5 Å². The average Bonchev–Trinajstić information content (AvgIpc) is 2.89. The van der Waals surface area contributed by atoms with Gasteiger partial charge in [0.1, 0.15) is 6.10 Å². The maximum absolute atomic E-state index is 14.5. The number of unbranched alkanes of at least 4 members (excludes halogenated alkanes) is 1. The topological polar surface area (TPSA) is 18.5 Å². The summed E-state index contributed by atoms with van der Waals surface area (Å²) in [6.45, 7) is 4.52. The van der Waals surface area contributed by atoms with Gasteiger partial charge in [0.2, 0.25) is 5.82 Å². The summed E-state index contributed by atoms with van der Waals surface area (Å²) in [7, 11) is 0. The fourth-order valence-corrected chi connectivity index (χ4v) is 3.66. The van der Waals surface area contributed by atoms with Gasteiger partial charge in [0.25, 0.3) is 0 Å². The molecule has 0 aromatic heterocycles. The molecule has 1 aliphatic heterocycles. The largest absolute Gasteiger partial charge is 0.491 e. The van der Waals surface area contributed by atoms with Crippen LogP contribution < -0.4 is 9.47 Å². The van der Waals surface area contributed by atoms with E-state index in [1.165, 1.54) is 12.8 Å². The minimum absolute atomic E-state index is 0.117. The van der Waals surface area contributed by atoms with Crippen molar-refractivity contribution < 1.29 is 13.9 Å². The molecule has 1 aliphatic carbocycles. The van der Waals surface area contributed by atoms with Crippen LogP contribution in [-0.4, -0.2) is 12.7 Å². The lowest BCUT2D eigenvalue weighted by molar-refractivity contribution is 0.139. The molecule has 0 saturated heterocycles. The first-order valence-corrected chi connectivity index (χ1v) is 8.53. The molecule has 22 heavy (non-hydrogen) atoms. The van der Waals surface area contributed by atoms with E-state index in [4.69, 9.17) is 9.47 Å². The van der Waals surface area contributed by atoms with Gasteiger partial charge < -0.3 is 9.47 Å². The molecular formula is C19H25FO2.